The zero-order chi connectivity index (χ0) is 11.1. The maximum Gasteiger partial charge on any atom is 0.119 e. The van der Waals surface area contributed by atoms with Crippen LogP contribution in [0.1, 0.15) is 6.42 Å². The second-order valence-corrected chi connectivity index (χ2v) is 6.60. The van der Waals surface area contributed by atoms with Gasteiger partial charge in [0, 0.05) is 24.2 Å². The molecule has 0 fully saturated rings. The Morgan fingerprint density at radius 2 is 2.00 bits per heavy atom. The lowest BCUT2D eigenvalue weighted by atomic mass is 10.4. The Bertz CT molecular complexity index is 346. The van der Waals surface area contributed by atoms with Crippen molar-refractivity contribution >= 4 is 12.4 Å². The molecule has 0 amide bonds. The molecule has 0 radical (unpaired) electrons. The Balaban J connectivity index is 2.91. The molecule has 1 atom stereocenters. The summed E-state index contributed by atoms with van der Waals surface area (Å²) in [7, 11) is -2.37. The van der Waals surface area contributed by atoms with Gasteiger partial charge in [0.1, 0.15) is 7.14 Å². The van der Waals surface area contributed by atoms with Gasteiger partial charge < -0.3 is 9.67 Å². The fraction of sp³-hybridized carbons (Fsp3) is 0.333. The molecule has 0 bridgehead atoms. The highest BCUT2D eigenvalue weighted by molar-refractivity contribution is 7.71. The fourth-order valence-electron chi connectivity index (χ4n) is 1.56. The molecule has 0 aromatic heterocycles. The number of aliphatic hydroxyl groups excluding tert-OH is 1. The van der Waals surface area contributed by atoms with Gasteiger partial charge in [-0.3, -0.25) is 0 Å². The Morgan fingerprint density at radius 3 is 2.53 bits per heavy atom. The van der Waals surface area contributed by atoms with Gasteiger partial charge in [0.2, 0.25) is 0 Å². The van der Waals surface area contributed by atoms with Crippen LogP contribution in [-0.4, -0.2) is 24.0 Å². The topological polar surface area (TPSA) is 37.3 Å². The lowest BCUT2D eigenvalue weighted by molar-refractivity contribution is 0.295. The lowest BCUT2D eigenvalue weighted by Gasteiger charge is -2.16. The Kier molecular flexibility index (Phi) is 4.80. The molecule has 0 heterocycles. The minimum Gasteiger partial charge on any atom is -0.396 e. The van der Waals surface area contributed by atoms with E-state index in [0.29, 0.717) is 18.7 Å². The first kappa shape index (κ1) is 12.2. The first-order valence-corrected chi connectivity index (χ1v) is 7.16. The van der Waals surface area contributed by atoms with Crippen molar-refractivity contribution in [3.05, 3.63) is 43.0 Å². The van der Waals surface area contributed by atoms with Crippen LogP contribution in [0.5, 0.6) is 0 Å². The van der Waals surface area contributed by atoms with Crippen molar-refractivity contribution in [2.75, 3.05) is 18.9 Å². The van der Waals surface area contributed by atoms with E-state index in [1.807, 2.05) is 30.3 Å². The van der Waals surface area contributed by atoms with Gasteiger partial charge in [-0.05, 0) is 6.42 Å². The van der Waals surface area contributed by atoms with Crippen LogP contribution in [0.4, 0.5) is 0 Å². The van der Waals surface area contributed by atoms with Crippen LogP contribution in [-0.2, 0) is 4.57 Å². The smallest absolute Gasteiger partial charge is 0.119 e. The quantitative estimate of drug-likeness (QED) is 0.594. The first-order chi connectivity index (χ1) is 7.23. The van der Waals surface area contributed by atoms with Gasteiger partial charge in [0.25, 0.3) is 0 Å². The molecule has 0 aliphatic heterocycles. The summed E-state index contributed by atoms with van der Waals surface area (Å²) in [5.74, 6) is 0. The van der Waals surface area contributed by atoms with E-state index >= 15 is 0 Å². The highest BCUT2D eigenvalue weighted by atomic mass is 31.2. The van der Waals surface area contributed by atoms with Crippen molar-refractivity contribution in [3.63, 3.8) is 0 Å². The van der Waals surface area contributed by atoms with E-state index < -0.39 is 7.14 Å². The summed E-state index contributed by atoms with van der Waals surface area (Å²) in [4.78, 5) is 0. The number of allylic oxidation sites excluding steroid dienone is 1. The van der Waals surface area contributed by atoms with Crippen LogP contribution in [0.3, 0.4) is 0 Å². The van der Waals surface area contributed by atoms with Gasteiger partial charge in [-0.1, -0.05) is 36.4 Å². The molecule has 0 saturated heterocycles. The van der Waals surface area contributed by atoms with Crippen LogP contribution in [0, 0.1) is 0 Å². The Hall–Kier alpha value is -0.850. The van der Waals surface area contributed by atoms with E-state index in [1.165, 1.54) is 0 Å². The maximum atomic E-state index is 12.6. The van der Waals surface area contributed by atoms with Crippen molar-refractivity contribution < 1.29 is 9.67 Å². The van der Waals surface area contributed by atoms with E-state index in [1.54, 1.807) is 6.08 Å². The number of benzene rings is 1. The average Bonchev–Trinajstić information content (AvgIpc) is 2.28. The van der Waals surface area contributed by atoms with Gasteiger partial charge >= 0.3 is 0 Å². The summed E-state index contributed by atoms with van der Waals surface area (Å²) in [6.45, 7) is 3.74. The van der Waals surface area contributed by atoms with Crippen LogP contribution in [0.15, 0.2) is 43.0 Å². The summed E-state index contributed by atoms with van der Waals surface area (Å²) in [6.07, 6.45) is 3.35. The van der Waals surface area contributed by atoms with Crippen molar-refractivity contribution in [3.8, 4) is 0 Å². The Morgan fingerprint density at radius 1 is 1.33 bits per heavy atom. The third kappa shape index (κ3) is 3.33. The highest BCUT2D eigenvalue weighted by Gasteiger charge is 2.21. The van der Waals surface area contributed by atoms with Gasteiger partial charge in [-0.25, -0.2) is 0 Å². The molecular weight excluding hydrogens is 207 g/mol. The third-order valence-corrected chi connectivity index (χ3v) is 5.45. The second-order valence-electron chi connectivity index (χ2n) is 3.50. The minimum absolute atomic E-state index is 0.0912. The van der Waals surface area contributed by atoms with E-state index in [0.717, 1.165) is 5.30 Å². The molecule has 2 nitrogen and oxygen atoms in total. The van der Waals surface area contributed by atoms with Gasteiger partial charge in [0.05, 0.1) is 0 Å². The molecule has 3 heteroatoms. The summed E-state index contributed by atoms with van der Waals surface area (Å²) < 4.78 is 12.6. The monoisotopic (exact) mass is 224 g/mol. The number of rotatable bonds is 6. The van der Waals surface area contributed by atoms with E-state index in [-0.39, 0.29) is 6.61 Å². The lowest BCUT2D eigenvalue weighted by Crippen LogP contribution is -2.10. The van der Waals surface area contributed by atoms with Gasteiger partial charge in [-0.2, -0.15) is 0 Å². The molecule has 1 unspecified atom stereocenters. The zero-order valence-electron chi connectivity index (χ0n) is 8.80. The molecular formula is C12H17O2P. The van der Waals surface area contributed by atoms with Crippen molar-refractivity contribution in [2.45, 2.75) is 6.42 Å². The molecule has 0 saturated carbocycles. The summed E-state index contributed by atoms with van der Waals surface area (Å²) >= 11 is 0. The molecule has 15 heavy (non-hydrogen) atoms. The van der Waals surface area contributed by atoms with Crippen LogP contribution >= 0.6 is 7.14 Å². The normalized spacial score (nSPS) is 14.5. The maximum absolute atomic E-state index is 12.6. The van der Waals surface area contributed by atoms with E-state index in [4.69, 9.17) is 5.11 Å². The predicted octanol–water partition coefficient (Wildman–Crippen LogP) is 2.24. The number of aliphatic hydroxyl groups is 1. The number of hydrogen-bond donors (Lipinski definition) is 1. The third-order valence-electron chi connectivity index (χ3n) is 2.33. The second kappa shape index (κ2) is 5.89. The SMILES string of the molecule is C=CCP(=O)(CCCO)c1ccccc1. The number of hydrogen-bond acceptors (Lipinski definition) is 2. The van der Waals surface area contributed by atoms with Crippen LogP contribution < -0.4 is 5.30 Å². The average molecular weight is 224 g/mol. The molecule has 1 aromatic carbocycles. The van der Waals surface area contributed by atoms with Gasteiger partial charge in [-0.15, -0.1) is 6.58 Å². The Labute approximate surface area is 91.0 Å². The minimum atomic E-state index is -2.37. The standard InChI is InChI=1S/C12H17O2P/c1-2-10-15(14,11-6-9-13)12-7-4-3-5-8-12/h2-5,7-8,13H,1,6,9-11H2. The van der Waals surface area contributed by atoms with Crippen LogP contribution in [0.25, 0.3) is 0 Å². The largest absolute Gasteiger partial charge is 0.396 e. The van der Waals surface area contributed by atoms with Crippen LogP contribution in [0.2, 0.25) is 0 Å². The molecule has 1 N–H and O–H groups in total. The van der Waals surface area contributed by atoms with Gasteiger partial charge in [0.15, 0.2) is 0 Å². The van der Waals surface area contributed by atoms with Crippen molar-refractivity contribution in [1.29, 1.82) is 0 Å². The predicted molar refractivity (Wildman–Crippen MR) is 65.3 cm³/mol. The molecule has 0 aliphatic rings. The fourth-order valence-corrected chi connectivity index (χ4v) is 4.00. The molecule has 82 valence electrons. The summed E-state index contributed by atoms with van der Waals surface area (Å²) in [5, 5.41) is 9.69. The first-order valence-electron chi connectivity index (χ1n) is 5.08. The summed E-state index contributed by atoms with van der Waals surface area (Å²) in [5.41, 5.74) is 0. The van der Waals surface area contributed by atoms with Crippen molar-refractivity contribution in [1.82, 2.24) is 0 Å². The van der Waals surface area contributed by atoms with Crippen molar-refractivity contribution in [2.24, 2.45) is 0 Å². The molecule has 0 spiro atoms. The highest BCUT2D eigenvalue weighted by Crippen LogP contribution is 2.44. The van der Waals surface area contributed by atoms with E-state index in [2.05, 4.69) is 6.58 Å². The molecule has 1 aromatic rings. The zero-order valence-corrected chi connectivity index (χ0v) is 9.70. The molecule has 0 aliphatic carbocycles. The molecule has 1 rings (SSSR count). The van der Waals surface area contributed by atoms with E-state index in [9.17, 15) is 4.57 Å². The summed E-state index contributed by atoms with van der Waals surface area (Å²) in [6, 6.07) is 9.48.